The molecule has 0 unspecified atom stereocenters. The topological polar surface area (TPSA) is 133 Å². The van der Waals surface area contributed by atoms with Crippen LogP contribution in [0.25, 0.3) is 0 Å². The van der Waals surface area contributed by atoms with Crippen molar-refractivity contribution in [1.82, 2.24) is 20.7 Å². The van der Waals surface area contributed by atoms with Crippen LogP contribution in [-0.2, 0) is 24.4 Å². The van der Waals surface area contributed by atoms with Gasteiger partial charge in [0.2, 0.25) is 27.7 Å². The lowest BCUT2D eigenvalue weighted by atomic mass is 10.2. The van der Waals surface area contributed by atoms with Gasteiger partial charge in [0.05, 0.1) is 24.5 Å². The van der Waals surface area contributed by atoms with Crippen molar-refractivity contribution >= 4 is 27.7 Å². The van der Waals surface area contributed by atoms with Crippen molar-refractivity contribution in [2.24, 2.45) is 0 Å². The van der Waals surface area contributed by atoms with Gasteiger partial charge in [0.1, 0.15) is 0 Å². The van der Waals surface area contributed by atoms with E-state index in [9.17, 15) is 22.8 Å². The van der Waals surface area contributed by atoms with Crippen LogP contribution in [-0.4, -0.2) is 51.8 Å². The Morgan fingerprint density at radius 3 is 1.92 bits per heavy atom. The van der Waals surface area contributed by atoms with Gasteiger partial charge in [0.15, 0.2) is 0 Å². The summed E-state index contributed by atoms with van der Waals surface area (Å²) in [5, 5.41) is 7.21. The lowest BCUT2D eigenvalue weighted by molar-refractivity contribution is -0.127. The summed E-state index contributed by atoms with van der Waals surface area (Å²) in [7, 11) is -3.81. The second-order valence-electron chi connectivity index (χ2n) is 5.91. The summed E-state index contributed by atoms with van der Waals surface area (Å²) in [6.07, 6.45) is 0. The average Bonchev–Trinajstić information content (AvgIpc) is 2.56. The van der Waals surface area contributed by atoms with Crippen molar-refractivity contribution in [1.29, 1.82) is 0 Å². The summed E-state index contributed by atoms with van der Waals surface area (Å²) in [5.41, 5.74) is 0.912. The smallest absolute Gasteiger partial charge is 0.241 e. The standard InChI is InChI=1S/C16H24N4O5S/c1-11(2)20-16(23)9-18-14(21)8-17-15(22)10-19-26(24,25)13-6-4-12(3)5-7-13/h4-7,11,19H,8-10H2,1-3H3,(H,17,22)(H,18,21)(H,20,23). The van der Waals surface area contributed by atoms with Crippen LogP contribution in [0.2, 0.25) is 0 Å². The second kappa shape index (κ2) is 9.88. The highest BCUT2D eigenvalue weighted by molar-refractivity contribution is 7.89. The molecule has 9 nitrogen and oxygen atoms in total. The first-order valence-corrected chi connectivity index (χ1v) is 9.47. The van der Waals surface area contributed by atoms with Gasteiger partial charge in [-0.15, -0.1) is 0 Å². The molecule has 0 bridgehead atoms. The number of benzene rings is 1. The van der Waals surface area contributed by atoms with Gasteiger partial charge in [0, 0.05) is 6.04 Å². The number of carbonyl (C=O) groups is 3. The van der Waals surface area contributed by atoms with Crippen LogP contribution in [0.15, 0.2) is 29.2 Å². The van der Waals surface area contributed by atoms with Crippen molar-refractivity contribution in [2.45, 2.75) is 31.7 Å². The number of sulfonamides is 1. The van der Waals surface area contributed by atoms with Crippen LogP contribution in [0.5, 0.6) is 0 Å². The summed E-state index contributed by atoms with van der Waals surface area (Å²) in [6, 6.07) is 6.12. The molecule has 0 aliphatic carbocycles. The highest BCUT2D eigenvalue weighted by Crippen LogP contribution is 2.09. The van der Waals surface area contributed by atoms with Gasteiger partial charge in [-0.1, -0.05) is 17.7 Å². The van der Waals surface area contributed by atoms with Gasteiger partial charge in [-0.25, -0.2) is 13.1 Å². The first-order valence-electron chi connectivity index (χ1n) is 7.99. The zero-order valence-corrected chi connectivity index (χ0v) is 15.8. The summed E-state index contributed by atoms with van der Waals surface area (Å²) < 4.78 is 26.2. The predicted octanol–water partition coefficient (Wildman–Crippen LogP) is -0.970. The molecule has 1 aromatic rings. The van der Waals surface area contributed by atoms with Crippen molar-refractivity contribution < 1.29 is 22.8 Å². The van der Waals surface area contributed by atoms with Gasteiger partial charge in [0.25, 0.3) is 0 Å². The normalized spacial score (nSPS) is 11.1. The molecule has 1 aromatic carbocycles. The molecule has 4 N–H and O–H groups in total. The lowest BCUT2D eigenvalue weighted by Gasteiger charge is -2.10. The van der Waals surface area contributed by atoms with E-state index in [0.717, 1.165) is 5.56 Å². The molecule has 0 aliphatic heterocycles. The van der Waals surface area contributed by atoms with Gasteiger partial charge in [-0.3, -0.25) is 14.4 Å². The van der Waals surface area contributed by atoms with Crippen LogP contribution < -0.4 is 20.7 Å². The van der Waals surface area contributed by atoms with Crippen LogP contribution in [0.4, 0.5) is 0 Å². The Hall–Kier alpha value is -2.46. The highest BCUT2D eigenvalue weighted by Gasteiger charge is 2.15. The van der Waals surface area contributed by atoms with Gasteiger partial charge >= 0.3 is 0 Å². The second-order valence-corrected chi connectivity index (χ2v) is 7.68. The molecule has 0 saturated heterocycles. The minimum Gasteiger partial charge on any atom is -0.352 e. The molecule has 3 amide bonds. The van der Waals surface area contributed by atoms with Crippen molar-refractivity contribution in [2.75, 3.05) is 19.6 Å². The number of hydrogen-bond acceptors (Lipinski definition) is 5. The molecule has 0 aromatic heterocycles. The van der Waals surface area contributed by atoms with E-state index < -0.39 is 28.4 Å². The van der Waals surface area contributed by atoms with Crippen molar-refractivity contribution in [3.05, 3.63) is 29.8 Å². The lowest BCUT2D eigenvalue weighted by Crippen LogP contribution is -2.45. The van der Waals surface area contributed by atoms with E-state index in [2.05, 4.69) is 20.7 Å². The van der Waals surface area contributed by atoms with E-state index in [1.54, 1.807) is 26.0 Å². The van der Waals surface area contributed by atoms with E-state index in [1.807, 2.05) is 6.92 Å². The van der Waals surface area contributed by atoms with E-state index in [-0.39, 0.29) is 29.9 Å². The third kappa shape index (κ3) is 8.08. The molecule has 144 valence electrons. The maximum Gasteiger partial charge on any atom is 0.241 e. The number of hydrogen-bond donors (Lipinski definition) is 4. The van der Waals surface area contributed by atoms with Crippen LogP contribution >= 0.6 is 0 Å². The van der Waals surface area contributed by atoms with Crippen molar-refractivity contribution in [3.63, 3.8) is 0 Å². The van der Waals surface area contributed by atoms with E-state index in [1.165, 1.54) is 12.1 Å². The first kappa shape index (κ1) is 21.6. The number of rotatable bonds is 9. The fourth-order valence-corrected chi connectivity index (χ4v) is 2.80. The summed E-state index contributed by atoms with van der Waals surface area (Å²) in [4.78, 5) is 34.6. The van der Waals surface area contributed by atoms with Crippen LogP contribution in [0.3, 0.4) is 0 Å². The molecular weight excluding hydrogens is 360 g/mol. The molecule has 10 heteroatoms. The third-order valence-electron chi connectivity index (χ3n) is 3.10. The maximum atomic E-state index is 12.0. The Kier molecular flexibility index (Phi) is 8.20. The molecule has 0 aliphatic rings. The van der Waals surface area contributed by atoms with E-state index >= 15 is 0 Å². The minimum absolute atomic E-state index is 0.0411. The summed E-state index contributed by atoms with van der Waals surface area (Å²) in [5.74, 6) is -1.56. The Labute approximate surface area is 153 Å². The monoisotopic (exact) mass is 384 g/mol. The Morgan fingerprint density at radius 1 is 0.885 bits per heavy atom. The molecule has 0 radical (unpaired) electrons. The molecule has 1 rings (SSSR count). The largest absolute Gasteiger partial charge is 0.352 e. The molecular formula is C16H24N4O5S. The minimum atomic E-state index is -3.81. The van der Waals surface area contributed by atoms with Crippen LogP contribution in [0, 0.1) is 6.92 Å². The fourth-order valence-electron chi connectivity index (χ4n) is 1.82. The number of nitrogens with one attached hydrogen (secondary N) is 4. The Bertz CT molecular complexity index is 744. The Morgan fingerprint density at radius 2 is 1.38 bits per heavy atom. The molecule has 0 atom stereocenters. The van der Waals surface area contributed by atoms with Gasteiger partial charge < -0.3 is 16.0 Å². The maximum absolute atomic E-state index is 12.0. The van der Waals surface area contributed by atoms with Gasteiger partial charge in [-0.2, -0.15) is 0 Å². The zero-order chi connectivity index (χ0) is 19.7. The number of amides is 3. The third-order valence-corrected chi connectivity index (χ3v) is 4.51. The van der Waals surface area contributed by atoms with E-state index in [4.69, 9.17) is 0 Å². The molecule has 0 fully saturated rings. The van der Waals surface area contributed by atoms with Gasteiger partial charge in [-0.05, 0) is 32.9 Å². The zero-order valence-electron chi connectivity index (χ0n) is 15.0. The SMILES string of the molecule is Cc1ccc(S(=O)(=O)NCC(=O)NCC(=O)NCC(=O)NC(C)C)cc1. The number of carbonyl (C=O) groups excluding carboxylic acids is 3. The van der Waals surface area contributed by atoms with Crippen LogP contribution in [0.1, 0.15) is 19.4 Å². The number of aryl methyl sites for hydroxylation is 1. The molecule has 0 saturated carbocycles. The quantitative estimate of drug-likeness (QED) is 0.435. The first-order chi connectivity index (χ1) is 12.1. The molecule has 0 heterocycles. The predicted molar refractivity (Wildman–Crippen MR) is 95.7 cm³/mol. The van der Waals surface area contributed by atoms with Crippen molar-refractivity contribution in [3.8, 4) is 0 Å². The average molecular weight is 384 g/mol. The Balaban J connectivity index is 2.34. The van der Waals surface area contributed by atoms with E-state index in [0.29, 0.717) is 0 Å². The summed E-state index contributed by atoms with van der Waals surface area (Å²) in [6.45, 7) is 4.34. The highest BCUT2D eigenvalue weighted by atomic mass is 32.2. The fraction of sp³-hybridized carbons (Fsp3) is 0.438. The summed E-state index contributed by atoms with van der Waals surface area (Å²) >= 11 is 0. The molecule has 26 heavy (non-hydrogen) atoms. The molecule has 0 spiro atoms.